The van der Waals surface area contributed by atoms with E-state index in [0.717, 1.165) is 30.6 Å². The Bertz CT molecular complexity index is 1250. The van der Waals surface area contributed by atoms with E-state index >= 15 is 0 Å². The minimum absolute atomic E-state index is 0.0363. The van der Waals surface area contributed by atoms with E-state index in [4.69, 9.17) is 4.42 Å². The highest BCUT2D eigenvalue weighted by molar-refractivity contribution is 7.17. The number of benzene rings is 1. The highest BCUT2D eigenvalue weighted by Gasteiger charge is 2.26. The largest absolute Gasteiger partial charge is 0.464 e. The highest BCUT2D eigenvalue weighted by atomic mass is 32.1. The van der Waals surface area contributed by atoms with E-state index in [0.29, 0.717) is 34.9 Å². The molecular weight excluding hydrogens is 412 g/mol. The first-order chi connectivity index (χ1) is 15.2. The molecule has 8 heteroatoms. The summed E-state index contributed by atoms with van der Waals surface area (Å²) in [6.45, 7) is 2.02. The van der Waals surface area contributed by atoms with Gasteiger partial charge < -0.3 is 14.7 Å². The molecule has 0 aliphatic carbocycles. The number of furan rings is 1. The number of likely N-dealkylation sites (tertiary alicyclic amines) is 1. The first-order valence-electron chi connectivity index (χ1n) is 10.3. The van der Waals surface area contributed by atoms with Crippen LogP contribution in [0.15, 0.2) is 63.3 Å². The fraction of sp³-hybridized carbons (Fsp3) is 0.261. The average molecular weight is 435 g/mol. The zero-order valence-corrected chi connectivity index (χ0v) is 17.7. The molecule has 0 saturated carbocycles. The summed E-state index contributed by atoms with van der Waals surface area (Å²) in [7, 11) is 0. The lowest BCUT2D eigenvalue weighted by atomic mass is 9.97. The molecule has 158 valence electrons. The van der Waals surface area contributed by atoms with Crippen molar-refractivity contribution in [1.82, 2.24) is 14.9 Å². The molecule has 0 radical (unpaired) electrons. The van der Waals surface area contributed by atoms with Gasteiger partial charge in [0.25, 0.3) is 5.56 Å². The number of nitrogens with one attached hydrogen (secondary N) is 2. The second-order valence-electron chi connectivity index (χ2n) is 7.75. The molecular formula is C23H22N4O3S. The molecule has 1 unspecified atom stereocenters. The molecule has 1 aliphatic rings. The molecule has 7 nitrogen and oxygen atoms in total. The standard InChI is InChI=1S/C23H22N4O3S/c28-21(24-16-7-2-1-3-8-16)15-6-4-10-27(12-15)13-19-25-22(29)20-17(14-31-23(20)26-19)18-9-5-11-30-18/h1-3,5,7-9,11,14-15H,4,6,10,12-13H2,(H,24,28)(H,25,26,29). The molecule has 3 aromatic heterocycles. The zero-order chi connectivity index (χ0) is 21.2. The smallest absolute Gasteiger partial charge is 0.260 e. The Labute approximate surface area is 182 Å². The van der Waals surface area contributed by atoms with E-state index in [9.17, 15) is 9.59 Å². The fourth-order valence-electron chi connectivity index (χ4n) is 4.07. The van der Waals surface area contributed by atoms with Gasteiger partial charge in [0.2, 0.25) is 5.91 Å². The second-order valence-corrected chi connectivity index (χ2v) is 8.61. The molecule has 5 rings (SSSR count). The third kappa shape index (κ3) is 4.17. The Morgan fingerprint density at radius 2 is 2.13 bits per heavy atom. The van der Waals surface area contributed by atoms with Gasteiger partial charge in [0.05, 0.1) is 24.1 Å². The zero-order valence-electron chi connectivity index (χ0n) is 16.8. The summed E-state index contributed by atoms with van der Waals surface area (Å²) in [6.07, 6.45) is 3.38. The van der Waals surface area contributed by atoms with Gasteiger partial charge in [0.15, 0.2) is 0 Å². The van der Waals surface area contributed by atoms with E-state index in [1.165, 1.54) is 11.3 Å². The summed E-state index contributed by atoms with van der Waals surface area (Å²) < 4.78 is 5.45. The minimum Gasteiger partial charge on any atom is -0.464 e. The Hall–Kier alpha value is -3.23. The summed E-state index contributed by atoms with van der Waals surface area (Å²) >= 11 is 1.44. The Morgan fingerprint density at radius 3 is 2.94 bits per heavy atom. The summed E-state index contributed by atoms with van der Waals surface area (Å²) in [5.74, 6) is 1.23. The number of nitrogens with zero attached hydrogens (tertiary/aromatic N) is 2. The number of hydrogen-bond donors (Lipinski definition) is 2. The van der Waals surface area contributed by atoms with Gasteiger partial charge in [-0.1, -0.05) is 18.2 Å². The van der Waals surface area contributed by atoms with Gasteiger partial charge in [-0.05, 0) is 43.7 Å². The molecule has 0 spiro atoms. The average Bonchev–Trinajstić information content (AvgIpc) is 3.44. The number of aromatic nitrogens is 2. The van der Waals surface area contributed by atoms with Crippen LogP contribution in [0.1, 0.15) is 18.7 Å². The monoisotopic (exact) mass is 434 g/mol. The molecule has 1 aliphatic heterocycles. The van der Waals surface area contributed by atoms with Crippen molar-refractivity contribution in [3.63, 3.8) is 0 Å². The SMILES string of the molecule is O=C(Nc1ccccc1)C1CCCN(Cc2nc3scc(-c4ccco4)c3c(=O)[nH]2)C1. The van der Waals surface area contributed by atoms with Crippen molar-refractivity contribution in [2.75, 3.05) is 18.4 Å². The molecule has 1 amide bonds. The topological polar surface area (TPSA) is 91.2 Å². The van der Waals surface area contributed by atoms with Crippen molar-refractivity contribution < 1.29 is 9.21 Å². The lowest BCUT2D eigenvalue weighted by Gasteiger charge is -2.31. The minimum atomic E-state index is -0.164. The normalized spacial score (nSPS) is 17.1. The number of fused-ring (bicyclic) bond motifs is 1. The number of hydrogen-bond acceptors (Lipinski definition) is 6. The van der Waals surface area contributed by atoms with Crippen molar-refractivity contribution in [2.24, 2.45) is 5.92 Å². The van der Waals surface area contributed by atoms with Gasteiger partial charge in [-0.25, -0.2) is 4.98 Å². The number of thiophene rings is 1. The molecule has 4 aromatic rings. The van der Waals surface area contributed by atoms with Crippen LogP contribution in [0.4, 0.5) is 5.69 Å². The summed E-state index contributed by atoms with van der Waals surface area (Å²) in [4.78, 5) is 36.0. The van der Waals surface area contributed by atoms with E-state index in [2.05, 4.69) is 20.2 Å². The molecule has 1 saturated heterocycles. The molecule has 1 fully saturated rings. The van der Waals surface area contributed by atoms with Crippen molar-refractivity contribution in [1.29, 1.82) is 0 Å². The first kappa shape index (κ1) is 19.7. The van der Waals surface area contributed by atoms with E-state index < -0.39 is 0 Å². The molecule has 4 heterocycles. The van der Waals surface area contributed by atoms with Crippen LogP contribution in [0.3, 0.4) is 0 Å². The Kier molecular flexibility index (Phi) is 5.40. The Morgan fingerprint density at radius 1 is 1.26 bits per heavy atom. The van der Waals surface area contributed by atoms with Gasteiger partial charge >= 0.3 is 0 Å². The first-order valence-corrected chi connectivity index (χ1v) is 11.2. The number of carbonyl (C=O) groups excluding carboxylic acids is 1. The molecule has 2 N–H and O–H groups in total. The second kappa shape index (κ2) is 8.49. The predicted octanol–water partition coefficient (Wildman–Crippen LogP) is 4.10. The predicted molar refractivity (Wildman–Crippen MR) is 121 cm³/mol. The number of aromatic amines is 1. The van der Waals surface area contributed by atoms with Crippen LogP contribution < -0.4 is 10.9 Å². The van der Waals surface area contributed by atoms with Crippen LogP contribution in [0, 0.1) is 5.92 Å². The van der Waals surface area contributed by atoms with Crippen LogP contribution in [0.5, 0.6) is 0 Å². The lowest BCUT2D eigenvalue weighted by Crippen LogP contribution is -2.40. The van der Waals surface area contributed by atoms with Crippen molar-refractivity contribution in [3.05, 3.63) is 70.3 Å². The summed E-state index contributed by atoms with van der Waals surface area (Å²) in [6, 6.07) is 13.2. The van der Waals surface area contributed by atoms with E-state index in [1.54, 1.807) is 12.3 Å². The van der Waals surface area contributed by atoms with Gasteiger partial charge in [0.1, 0.15) is 16.4 Å². The van der Waals surface area contributed by atoms with Crippen molar-refractivity contribution in [3.8, 4) is 11.3 Å². The third-order valence-electron chi connectivity index (χ3n) is 5.57. The Balaban J connectivity index is 1.30. The molecule has 31 heavy (non-hydrogen) atoms. The number of H-pyrrole nitrogens is 1. The van der Waals surface area contributed by atoms with Gasteiger partial charge in [0, 0.05) is 23.2 Å². The molecule has 1 atom stereocenters. The van der Waals surface area contributed by atoms with Crippen LogP contribution in [-0.4, -0.2) is 33.9 Å². The van der Waals surface area contributed by atoms with Crippen molar-refractivity contribution >= 4 is 33.1 Å². The maximum atomic E-state index is 12.8. The number of carbonyl (C=O) groups is 1. The quantitative estimate of drug-likeness (QED) is 0.494. The number of piperidine rings is 1. The van der Waals surface area contributed by atoms with Gasteiger partial charge in [-0.2, -0.15) is 0 Å². The maximum Gasteiger partial charge on any atom is 0.260 e. The number of rotatable bonds is 5. The lowest BCUT2D eigenvalue weighted by molar-refractivity contribution is -0.121. The fourth-order valence-corrected chi connectivity index (χ4v) is 5.02. The maximum absolute atomic E-state index is 12.8. The summed E-state index contributed by atoms with van der Waals surface area (Å²) in [5.41, 5.74) is 1.41. The number of amides is 1. The number of anilines is 1. The third-order valence-corrected chi connectivity index (χ3v) is 6.44. The van der Waals surface area contributed by atoms with Crippen LogP contribution in [-0.2, 0) is 11.3 Å². The van der Waals surface area contributed by atoms with Gasteiger partial charge in [-0.15, -0.1) is 11.3 Å². The highest BCUT2D eigenvalue weighted by Crippen LogP contribution is 2.31. The summed E-state index contributed by atoms with van der Waals surface area (Å²) in [5, 5.41) is 5.46. The van der Waals surface area contributed by atoms with Crippen LogP contribution in [0.2, 0.25) is 0 Å². The van der Waals surface area contributed by atoms with E-state index in [1.807, 2.05) is 41.8 Å². The van der Waals surface area contributed by atoms with Gasteiger partial charge in [-0.3, -0.25) is 14.5 Å². The van der Waals surface area contributed by atoms with Crippen LogP contribution in [0.25, 0.3) is 21.5 Å². The number of para-hydroxylation sites is 1. The molecule has 0 bridgehead atoms. The molecule has 1 aromatic carbocycles. The van der Waals surface area contributed by atoms with Crippen molar-refractivity contribution in [2.45, 2.75) is 19.4 Å². The van der Waals surface area contributed by atoms with E-state index in [-0.39, 0.29) is 17.4 Å². The van der Waals surface area contributed by atoms with Crippen LogP contribution >= 0.6 is 11.3 Å².